The Bertz CT molecular complexity index is 618. The molecule has 1 aliphatic heterocycles. The highest BCUT2D eigenvalue weighted by atomic mass is 16.1. The fourth-order valence-corrected chi connectivity index (χ4v) is 2.76. The van der Waals surface area contributed by atoms with E-state index in [0.29, 0.717) is 6.42 Å². The number of imidazole rings is 1. The van der Waals surface area contributed by atoms with Crippen LogP contribution in [0.1, 0.15) is 23.9 Å². The van der Waals surface area contributed by atoms with E-state index in [9.17, 15) is 4.79 Å². The van der Waals surface area contributed by atoms with Crippen LogP contribution in [-0.4, -0.2) is 21.4 Å². The van der Waals surface area contributed by atoms with E-state index in [2.05, 4.69) is 29.4 Å². The van der Waals surface area contributed by atoms with Gasteiger partial charge < -0.3 is 9.88 Å². The molecule has 4 heteroatoms. The third kappa shape index (κ3) is 2.51. The lowest BCUT2D eigenvalue weighted by Crippen LogP contribution is -2.42. The molecule has 1 unspecified atom stereocenters. The molecule has 0 aliphatic carbocycles. The highest BCUT2D eigenvalue weighted by molar-refractivity contribution is 5.86. The van der Waals surface area contributed by atoms with Crippen molar-refractivity contribution in [1.29, 1.82) is 0 Å². The predicted octanol–water partition coefficient (Wildman–Crippen LogP) is 1.73. The molecule has 1 aliphatic rings. The van der Waals surface area contributed by atoms with Crippen LogP contribution in [0.15, 0.2) is 36.7 Å². The van der Waals surface area contributed by atoms with E-state index in [0.717, 1.165) is 25.3 Å². The van der Waals surface area contributed by atoms with Crippen molar-refractivity contribution in [3.8, 4) is 0 Å². The van der Waals surface area contributed by atoms with Gasteiger partial charge in [-0.3, -0.25) is 4.79 Å². The van der Waals surface area contributed by atoms with E-state index in [-0.39, 0.29) is 11.8 Å². The van der Waals surface area contributed by atoms with Crippen molar-refractivity contribution in [2.24, 2.45) is 0 Å². The number of aryl methyl sites for hydroxylation is 1. The van der Waals surface area contributed by atoms with Gasteiger partial charge in [-0.05, 0) is 24.5 Å². The summed E-state index contributed by atoms with van der Waals surface area (Å²) in [6.45, 7) is 3.68. The van der Waals surface area contributed by atoms with Crippen LogP contribution in [0, 0.1) is 0 Å². The first-order chi connectivity index (χ1) is 9.78. The third-order valence-corrected chi connectivity index (χ3v) is 3.94. The molecule has 1 N–H and O–H groups in total. The minimum absolute atomic E-state index is 0.0908. The summed E-state index contributed by atoms with van der Waals surface area (Å²) in [6.07, 6.45) is 4.87. The number of nitrogens with zero attached hydrogens (tertiary/aromatic N) is 2. The van der Waals surface area contributed by atoms with Crippen molar-refractivity contribution in [1.82, 2.24) is 14.9 Å². The normalized spacial score (nSPS) is 17.8. The van der Waals surface area contributed by atoms with Crippen molar-refractivity contribution in [3.63, 3.8) is 0 Å². The Morgan fingerprint density at radius 2 is 2.20 bits per heavy atom. The Kier molecular flexibility index (Phi) is 3.65. The summed E-state index contributed by atoms with van der Waals surface area (Å²) in [4.78, 5) is 16.7. The smallest absolute Gasteiger partial charge is 0.157 e. The predicted molar refractivity (Wildman–Crippen MR) is 77.4 cm³/mol. The monoisotopic (exact) mass is 269 g/mol. The summed E-state index contributed by atoms with van der Waals surface area (Å²) in [6, 6.07) is 8.22. The number of carbonyl (C=O) groups is 1. The van der Waals surface area contributed by atoms with E-state index in [1.165, 1.54) is 11.1 Å². The number of hydrogen-bond acceptors (Lipinski definition) is 3. The number of rotatable bonds is 4. The summed E-state index contributed by atoms with van der Waals surface area (Å²) in [5.74, 6) is 1.08. The number of nitrogens with one attached hydrogen (secondary N) is 1. The minimum Gasteiger partial charge on any atom is -0.335 e. The lowest BCUT2D eigenvalue weighted by atomic mass is 9.93. The van der Waals surface area contributed by atoms with Gasteiger partial charge in [0.2, 0.25) is 0 Å². The van der Waals surface area contributed by atoms with Gasteiger partial charge in [-0.1, -0.05) is 24.3 Å². The topological polar surface area (TPSA) is 46.9 Å². The molecule has 0 fully saturated rings. The van der Waals surface area contributed by atoms with Crippen molar-refractivity contribution in [2.75, 3.05) is 0 Å². The zero-order valence-electron chi connectivity index (χ0n) is 11.7. The Balaban J connectivity index is 1.70. The highest BCUT2D eigenvalue weighted by Gasteiger charge is 2.24. The third-order valence-electron chi connectivity index (χ3n) is 3.94. The second-order valence-electron chi connectivity index (χ2n) is 5.18. The molecule has 3 rings (SSSR count). The number of ketones is 1. The Labute approximate surface area is 118 Å². The Morgan fingerprint density at radius 1 is 1.40 bits per heavy atom. The van der Waals surface area contributed by atoms with Crippen LogP contribution in [0.25, 0.3) is 0 Å². The maximum Gasteiger partial charge on any atom is 0.157 e. The molecule has 2 heterocycles. The van der Waals surface area contributed by atoms with Crippen LogP contribution < -0.4 is 5.32 Å². The molecular formula is C16H19N3O. The standard InChI is InChI=1S/C16H19N3O/c1-2-19-8-7-17-16(19)10-15(20)14-9-12-5-3-4-6-13(12)11-18-14/h3-8,14,18H,2,9-11H2,1H3. The molecule has 0 radical (unpaired) electrons. The maximum absolute atomic E-state index is 12.4. The van der Waals surface area contributed by atoms with Crippen LogP contribution >= 0.6 is 0 Å². The number of fused-ring (bicyclic) bond motifs is 1. The van der Waals surface area contributed by atoms with Gasteiger partial charge in [-0.2, -0.15) is 0 Å². The summed E-state index contributed by atoms with van der Waals surface area (Å²) < 4.78 is 2.02. The molecule has 104 valence electrons. The molecule has 0 saturated heterocycles. The van der Waals surface area contributed by atoms with E-state index in [1.807, 2.05) is 22.9 Å². The van der Waals surface area contributed by atoms with Gasteiger partial charge in [0.1, 0.15) is 5.82 Å². The van der Waals surface area contributed by atoms with Gasteiger partial charge in [0.25, 0.3) is 0 Å². The van der Waals surface area contributed by atoms with E-state index in [1.54, 1.807) is 6.20 Å². The highest BCUT2D eigenvalue weighted by Crippen LogP contribution is 2.17. The lowest BCUT2D eigenvalue weighted by molar-refractivity contribution is -0.120. The molecule has 0 bridgehead atoms. The van der Waals surface area contributed by atoms with E-state index in [4.69, 9.17) is 0 Å². The number of hydrogen-bond donors (Lipinski definition) is 1. The minimum atomic E-state index is -0.0908. The lowest BCUT2D eigenvalue weighted by Gasteiger charge is -2.25. The van der Waals surface area contributed by atoms with Crippen LogP contribution in [-0.2, 0) is 30.7 Å². The molecule has 1 aromatic carbocycles. The average Bonchev–Trinajstić information content (AvgIpc) is 2.94. The largest absolute Gasteiger partial charge is 0.335 e. The molecular weight excluding hydrogens is 250 g/mol. The molecule has 20 heavy (non-hydrogen) atoms. The molecule has 1 aromatic heterocycles. The zero-order chi connectivity index (χ0) is 13.9. The van der Waals surface area contributed by atoms with Gasteiger partial charge in [0.05, 0.1) is 12.5 Å². The molecule has 0 saturated carbocycles. The molecule has 1 atom stereocenters. The van der Waals surface area contributed by atoms with Crippen molar-refractivity contribution < 1.29 is 4.79 Å². The fraction of sp³-hybridized carbons (Fsp3) is 0.375. The molecule has 2 aromatic rings. The van der Waals surface area contributed by atoms with Gasteiger partial charge in [0.15, 0.2) is 5.78 Å². The number of aromatic nitrogens is 2. The van der Waals surface area contributed by atoms with Crippen molar-refractivity contribution >= 4 is 5.78 Å². The first kappa shape index (κ1) is 13.1. The van der Waals surface area contributed by atoms with Crippen LogP contribution in [0.4, 0.5) is 0 Å². The zero-order valence-corrected chi connectivity index (χ0v) is 11.7. The second-order valence-corrected chi connectivity index (χ2v) is 5.18. The molecule has 0 amide bonds. The Hall–Kier alpha value is -1.94. The van der Waals surface area contributed by atoms with Gasteiger partial charge >= 0.3 is 0 Å². The van der Waals surface area contributed by atoms with E-state index >= 15 is 0 Å². The van der Waals surface area contributed by atoms with Crippen LogP contribution in [0.3, 0.4) is 0 Å². The average molecular weight is 269 g/mol. The van der Waals surface area contributed by atoms with E-state index < -0.39 is 0 Å². The number of benzene rings is 1. The number of carbonyl (C=O) groups excluding carboxylic acids is 1. The van der Waals surface area contributed by atoms with Crippen molar-refractivity contribution in [3.05, 3.63) is 53.6 Å². The van der Waals surface area contributed by atoms with Crippen LogP contribution in [0.2, 0.25) is 0 Å². The summed E-state index contributed by atoms with van der Waals surface area (Å²) >= 11 is 0. The van der Waals surface area contributed by atoms with Crippen molar-refractivity contribution in [2.45, 2.75) is 38.9 Å². The summed E-state index contributed by atoms with van der Waals surface area (Å²) in [5.41, 5.74) is 2.58. The SMILES string of the molecule is CCn1ccnc1CC(=O)C1Cc2ccccc2CN1. The van der Waals surface area contributed by atoms with Crippen LogP contribution in [0.5, 0.6) is 0 Å². The van der Waals surface area contributed by atoms with Gasteiger partial charge in [0, 0.05) is 25.5 Å². The number of Topliss-reactive ketones (excluding diaryl/α,β-unsaturated/α-hetero) is 1. The molecule has 4 nitrogen and oxygen atoms in total. The second kappa shape index (κ2) is 5.59. The Morgan fingerprint density at radius 3 is 3.00 bits per heavy atom. The van der Waals surface area contributed by atoms with Gasteiger partial charge in [-0.25, -0.2) is 4.98 Å². The first-order valence-electron chi connectivity index (χ1n) is 7.11. The summed E-state index contributed by atoms with van der Waals surface area (Å²) in [7, 11) is 0. The first-order valence-corrected chi connectivity index (χ1v) is 7.11. The fourth-order valence-electron chi connectivity index (χ4n) is 2.76. The maximum atomic E-state index is 12.4. The summed E-state index contributed by atoms with van der Waals surface area (Å²) in [5, 5.41) is 3.34. The quantitative estimate of drug-likeness (QED) is 0.919. The van der Waals surface area contributed by atoms with Gasteiger partial charge in [-0.15, -0.1) is 0 Å². The molecule has 0 spiro atoms.